The molecule has 5 nitrogen and oxygen atoms in total. The molecular formula is C20H22N4OS. The molecule has 2 aromatic heterocycles. The highest BCUT2D eigenvalue weighted by Gasteiger charge is 2.22. The maximum atomic E-state index is 5.90. The Morgan fingerprint density at radius 3 is 2.62 bits per heavy atom. The number of benzene rings is 1. The standard InChI is InChI=1S/C20H22N4OS/c1-2-7-16(8-3-1)14-25-15-19-22-23-20(26-18-10-4-5-11-18)24(19)17-9-6-12-21-13-17/h1-3,6-9,12-13,18H,4-5,10-11,14-15H2. The lowest BCUT2D eigenvalue weighted by Crippen LogP contribution is -2.07. The first-order valence-electron chi connectivity index (χ1n) is 9.03. The summed E-state index contributed by atoms with van der Waals surface area (Å²) in [6.07, 6.45) is 8.76. The molecular weight excluding hydrogens is 344 g/mol. The van der Waals surface area contributed by atoms with E-state index in [4.69, 9.17) is 4.74 Å². The van der Waals surface area contributed by atoms with Gasteiger partial charge in [-0.2, -0.15) is 0 Å². The lowest BCUT2D eigenvalue weighted by Gasteiger charge is -2.12. The largest absolute Gasteiger partial charge is 0.369 e. The van der Waals surface area contributed by atoms with E-state index in [0.717, 1.165) is 22.2 Å². The first-order chi connectivity index (χ1) is 12.9. The van der Waals surface area contributed by atoms with Crippen molar-refractivity contribution in [2.45, 2.75) is 49.3 Å². The summed E-state index contributed by atoms with van der Waals surface area (Å²) in [4.78, 5) is 4.26. The van der Waals surface area contributed by atoms with Crippen LogP contribution in [0.15, 0.2) is 60.0 Å². The van der Waals surface area contributed by atoms with Crippen molar-refractivity contribution in [3.8, 4) is 5.69 Å². The number of pyridine rings is 1. The van der Waals surface area contributed by atoms with E-state index >= 15 is 0 Å². The molecule has 26 heavy (non-hydrogen) atoms. The van der Waals surface area contributed by atoms with Crippen LogP contribution in [0, 0.1) is 0 Å². The fourth-order valence-electron chi connectivity index (χ4n) is 3.21. The quantitative estimate of drug-likeness (QED) is 0.620. The summed E-state index contributed by atoms with van der Waals surface area (Å²) in [5.41, 5.74) is 2.14. The fourth-order valence-corrected chi connectivity index (χ4v) is 4.48. The topological polar surface area (TPSA) is 52.8 Å². The zero-order valence-electron chi connectivity index (χ0n) is 14.6. The van der Waals surface area contributed by atoms with Gasteiger partial charge in [-0.15, -0.1) is 10.2 Å². The molecule has 1 aliphatic rings. The van der Waals surface area contributed by atoms with Crippen molar-refractivity contribution in [2.24, 2.45) is 0 Å². The summed E-state index contributed by atoms with van der Waals surface area (Å²) in [5, 5.41) is 10.4. The van der Waals surface area contributed by atoms with E-state index in [9.17, 15) is 0 Å². The number of nitrogens with zero attached hydrogens (tertiary/aromatic N) is 4. The summed E-state index contributed by atoms with van der Waals surface area (Å²) in [7, 11) is 0. The first-order valence-corrected chi connectivity index (χ1v) is 9.91. The molecule has 1 aromatic carbocycles. The van der Waals surface area contributed by atoms with Gasteiger partial charge in [0.05, 0.1) is 18.5 Å². The van der Waals surface area contributed by atoms with Crippen LogP contribution in [0.25, 0.3) is 5.69 Å². The van der Waals surface area contributed by atoms with Crippen molar-refractivity contribution in [3.63, 3.8) is 0 Å². The van der Waals surface area contributed by atoms with Gasteiger partial charge in [-0.1, -0.05) is 54.9 Å². The second-order valence-electron chi connectivity index (χ2n) is 6.45. The normalized spacial score (nSPS) is 14.8. The summed E-state index contributed by atoms with van der Waals surface area (Å²) >= 11 is 1.83. The molecule has 0 amide bonds. The van der Waals surface area contributed by atoms with Gasteiger partial charge in [0.25, 0.3) is 0 Å². The Morgan fingerprint density at radius 2 is 1.85 bits per heavy atom. The molecule has 1 fully saturated rings. The molecule has 1 saturated carbocycles. The molecule has 0 unspecified atom stereocenters. The van der Waals surface area contributed by atoms with E-state index in [1.165, 1.54) is 25.7 Å². The van der Waals surface area contributed by atoms with Crippen LogP contribution < -0.4 is 0 Å². The van der Waals surface area contributed by atoms with Crippen LogP contribution in [0.3, 0.4) is 0 Å². The van der Waals surface area contributed by atoms with E-state index in [-0.39, 0.29) is 0 Å². The number of hydrogen-bond acceptors (Lipinski definition) is 5. The molecule has 134 valence electrons. The Morgan fingerprint density at radius 1 is 1.00 bits per heavy atom. The summed E-state index contributed by atoms with van der Waals surface area (Å²) < 4.78 is 7.98. The summed E-state index contributed by atoms with van der Waals surface area (Å²) in [6, 6.07) is 14.2. The second-order valence-corrected chi connectivity index (χ2v) is 7.72. The van der Waals surface area contributed by atoms with E-state index in [2.05, 4.69) is 31.9 Å². The predicted molar refractivity (Wildman–Crippen MR) is 102 cm³/mol. The van der Waals surface area contributed by atoms with Crippen molar-refractivity contribution >= 4 is 11.8 Å². The SMILES string of the molecule is c1ccc(COCc2nnc(SC3CCCC3)n2-c2cccnc2)cc1. The predicted octanol–water partition coefficient (Wildman–Crippen LogP) is 4.41. The zero-order valence-corrected chi connectivity index (χ0v) is 15.4. The highest BCUT2D eigenvalue weighted by atomic mass is 32.2. The molecule has 1 aliphatic carbocycles. The molecule has 6 heteroatoms. The average molecular weight is 366 g/mol. The second kappa shape index (κ2) is 8.47. The Labute approximate surface area is 157 Å². The number of hydrogen-bond donors (Lipinski definition) is 0. The van der Waals surface area contributed by atoms with Crippen LogP contribution >= 0.6 is 11.8 Å². The summed E-state index contributed by atoms with van der Waals surface area (Å²) in [6.45, 7) is 0.980. The van der Waals surface area contributed by atoms with Crippen molar-refractivity contribution in [3.05, 3.63) is 66.2 Å². The van der Waals surface area contributed by atoms with Crippen LogP contribution in [0.1, 0.15) is 37.1 Å². The third kappa shape index (κ3) is 4.14. The summed E-state index contributed by atoms with van der Waals surface area (Å²) in [5.74, 6) is 0.814. The molecule has 0 N–H and O–H groups in total. The maximum Gasteiger partial charge on any atom is 0.196 e. The highest BCUT2D eigenvalue weighted by Crippen LogP contribution is 2.35. The van der Waals surface area contributed by atoms with E-state index in [1.54, 1.807) is 6.20 Å². The Balaban J connectivity index is 1.52. The smallest absolute Gasteiger partial charge is 0.196 e. The van der Waals surface area contributed by atoms with Gasteiger partial charge in [0.2, 0.25) is 0 Å². The number of ether oxygens (including phenoxy) is 1. The van der Waals surface area contributed by atoms with Gasteiger partial charge in [0, 0.05) is 11.4 Å². The van der Waals surface area contributed by atoms with Gasteiger partial charge in [-0.3, -0.25) is 9.55 Å². The van der Waals surface area contributed by atoms with Crippen LogP contribution in [0.4, 0.5) is 0 Å². The minimum atomic E-state index is 0.419. The van der Waals surface area contributed by atoms with E-state index in [1.807, 2.05) is 48.3 Å². The monoisotopic (exact) mass is 366 g/mol. The Bertz CT molecular complexity index is 816. The van der Waals surface area contributed by atoms with Crippen LogP contribution in [-0.2, 0) is 18.0 Å². The van der Waals surface area contributed by atoms with Gasteiger partial charge in [-0.25, -0.2) is 0 Å². The van der Waals surface area contributed by atoms with Crippen LogP contribution in [0.5, 0.6) is 0 Å². The van der Waals surface area contributed by atoms with Crippen molar-refractivity contribution in [1.82, 2.24) is 19.7 Å². The molecule has 3 aromatic rings. The van der Waals surface area contributed by atoms with Crippen LogP contribution in [0.2, 0.25) is 0 Å². The molecule has 0 radical (unpaired) electrons. The number of rotatable bonds is 7. The van der Waals surface area contributed by atoms with Gasteiger partial charge in [-0.05, 0) is 30.5 Å². The van der Waals surface area contributed by atoms with Crippen molar-refractivity contribution in [1.29, 1.82) is 0 Å². The minimum absolute atomic E-state index is 0.419. The van der Waals surface area contributed by atoms with Crippen molar-refractivity contribution < 1.29 is 4.74 Å². The molecule has 0 saturated heterocycles. The Hall–Kier alpha value is -2.18. The molecule has 0 spiro atoms. The molecule has 0 aliphatic heterocycles. The van der Waals surface area contributed by atoms with Gasteiger partial charge >= 0.3 is 0 Å². The minimum Gasteiger partial charge on any atom is -0.369 e. The van der Waals surface area contributed by atoms with Crippen molar-refractivity contribution in [2.75, 3.05) is 0 Å². The molecule has 0 bridgehead atoms. The fraction of sp³-hybridized carbons (Fsp3) is 0.350. The van der Waals surface area contributed by atoms with Gasteiger partial charge in [0.15, 0.2) is 11.0 Å². The Kier molecular flexibility index (Phi) is 5.62. The lowest BCUT2D eigenvalue weighted by molar-refractivity contribution is 0.100. The lowest BCUT2D eigenvalue weighted by atomic mass is 10.2. The van der Waals surface area contributed by atoms with Crippen LogP contribution in [-0.4, -0.2) is 25.0 Å². The number of aromatic nitrogens is 4. The zero-order chi connectivity index (χ0) is 17.6. The van der Waals surface area contributed by atoms with E-state index < -0.39 is 0 Å². The van der Waals surface area contributed by atoms with Gasteiger partial charge < -0.3 is 4.74 Å². The molecule has 4 rings (SSSR count). The molecule has 2 heterocycles. The maximum absolute atomic E-state index is 5.90. The van der Waals surface area contributed by atoms with E-state index in [0.29, 0.717) is 18.5 Å². The number of thioether (sulfide) groups is 1. The first kappa shape index (κ1) is 17.2. The van der Waals surface area contributed by atoms with Gasteiger partial charge in [0.1, 0.15) is 6.61 Å². The average Bonchev–Trinajstić information content (AvgIpc) is 3.34. The highest BCUT2D eigenvalue weighted by molar-refractivity contribution is 7.99. The third-order valence-corrected chi connectivity index (χ3v) is 5.80. The third-order valence-electron chi connectivity index (χ3n) is 4.52. The molecule has 0 atom stereocenters.